The normalized spacial score (nSPS) is 22.4. The molecule has 0 aromatic heterocycles. The van der Waals surface area contributed by atoms with Crippen molar-refractivity contribution in [3.63, 3.8) is 0 Å². The zero-order valence-electron chi connectivity index (χ0n) is 11.6. The molecule has 0 bridgehead atoms. The number of carboxylic acids is 1. The van der Waals surface area contributed by atoms with E-state index in [1.807, 2.05) is 19.9 Å². The maximum Gasteiger partial charge on any atom is 0.311 e. The van der Waals surface area contributed by atoms with Crippen LogP contribution < -0.4 is 4.90 Å². The van der Waals surface area contributed by atoms with E-state index in [4.69, 9.17) is 0 Å². The van der Waals surface area contributed by atoms with E-state index in [1.54, 1.807) is 0 Å². The fraction of sp³-hybridized carbons (Fsp3) is 0.562. The first-order valence-corrected chi connectivity index (χ1v) is 7.08. The first-order chi connectivity index (χ1) is 9.00. The maximum absolute atomic E-state index is 11.6. The van der Waals surface area contributed by atoms with Crippen LogP contribution in [0.3, 0.4) is 0 Å². The second-order valence-corrected chi connectivity index (χ2v) is 6.47. The predicted octanol–water partition coefficient (Wildman–Crippen LogP) is 2.94. The number of carboxylic acid groups (broad SMARTS) is 1. The van der Waals surface area contributed by atoms with E-state index in [-0.39, 0.29) is 6.04 Å². The molecule has 1 heterocycles. The number of fused-ring (bicyclic) bond motifs is 1. The highest BCUT2D eigenvalue weighted by atomic mass is 16.4. The van der Waals surface area contributed by atoms with Gasteiger partial charge in [0.2, 0.25) is 0 Å². The largest absolute Gasteiger partial charge is 0.481 e. The van der Waals surface area contributed by atoms with Crippen molar-refractivity contribution in [3.8, 4) is 0 Å². The van der Waals surface area contributed by atoms with Crippen LogP contribution in [0.5, 0.6) is 0 Å². The topological polar surface area (TPSA) is 40.5 Å². The lowest BCUT2D eigenvalue weighted by atomic mass is 9.82. The fourth-order valence-corrected chi connectivity index (χ4v) is 3.04. The van der Waals surface area contributed by atoms with Crippen LogP contribution in [0.25, 0.3) is 0 Å². The molecule has 0 radical (unpaired) electrons. The summed E-state index contributed by atoms with van der Waals surface area (Å²) < 4.78 is 0. The van der Waals surface area contributed by atoms with Crippen LogP contribution in [0.15, 0.2) is 24.3 Å². The van der Waals surface area contributed by atoms with E-state index in [0.29, 0.717) is 0 Å². The Morgan fingerprint density at radius 2 is 2.05 bits per heavy atom. The SMILES string of the molecule is CC(C)(C(=O)O)C1Cc2ccccc2N1CC1CC1. The molecule has 1 aromatic rings. The summed E-state index contributed by atoms with van der Waals surface area (Å²) in [5.41, 5.74) is 1.82. The van der Waals surface area contributed by atoms with Gasteiger partial charge < -0.3 is 10.0 Å². The Kier molecular flexibility index (Phi) is 2.80. The van der Waals surface area contributed by atoms with Crippen LogP contribution >= 0.6 is 0 Å². The van der Waals surface area contributed by atoms with Crippen molar-refractivity contribution in [3.05, 3.63) is 29.8 Å². The first-order valence-electron chi connectivity index (χ1n) is 7.08. The minimum Gasteiger partial charge on any atom is -0.481 e. The summed E-state index contributed by atoms with van der Waals surface area (Å²) in [7, 11) is 0. The van der Waals surface area contributed by atoms with E-state index < -0.39 is 11.4 Å². The summed E-state index contributed by atoms with van der Waals surface area (Å²) in [5, 5.41) is 9.52. The summed E-state index contributed by atoms with van der Waals surface area (Å²) in [5.74, 6) is 0.0596. The number of rotatable bonds is 4. The van der Waals surface area contributed by atoms with E-state index >= 15 is 0 Å². The molecule has 1 fully saturated rings. The Morgan fingerprint density at radius 1 is 1.37 bits per heavy atom. The molecular weight excluding hydrogens is 238 g/mol. The van der Waals surface area contributed by atoms with Gasteiger partial charge in [-0.3, -0.25) is 4.79 Å². The lowest BCUT2D eigenvalue weighted by Crippen LogP contribution is -2.48. The Morgan fingerprint density at radius 3 is 2.68 bits per heavy atom. The van der Waals surface area contributed by atoms with Gasteiger partial charge >= 0.3 is 5.97 Å². The fourth-order valence-electron chi connectivity index (χ4n) is 3.04. The van der Waals surface area contributed by atoms with Gasteiger partial charge in [-0.05, 0) is 50.7 Å². The van der Waals surface area contributed by atoms with Gasteiger partial charge in [0.1, 0.15) is 0 Å². The molecule has 1 unspecified atom stereocenters. The van der Waals surface area contributed by atoms with Crippen molar-refractivity contribution in [2.24, 2.45) is 11.3 Å². The van der Waals surface area contributed by atoms with Crippen LogP contribution in [0.4, 0.5) is 5.69 Å². The molecule has 102 valence electrons. The van der Waals surface area contributed by atoms with Crippen LogP contribution in [0, 0.1) is 11.3 Å². The molecular formula is C16H21NO2. The summed E-state index contributed by atoms with van der Waals surface area (Å²) >= 11 is 0. The number of para-hydroxylation sites is 1. The average Bonchev–Trinajstić information content (AvgIpc) is 3.10. The van der Waals surface area contributed by atoms with Crippen molar-refractivity contribution in [1.29, 1.82) is 0 Å². The molecule has 1 aliphatic carbocycles. The standard InChI is InChI=1S/C16H21NO2/c1-16(2,15(18)19)14-9-12-5-3-4-6-13(12)17(14)10-11-7-8-11/h3-6,11,14H,7-10H2,1-2H3,(H,18,19). The van der Waals surface area contributed by atoms with Gasteiger partial charge in [0.05, 0.1) is 5.41 Å². The molecule has 0 spiro atoms. The third kappa shape index (κ3) is 2.11. The monoisotopic (exact) mass is 259 g/mol. The molecule has 3 heteroatoms. The summed E-state index contributed by atoms with van der Waals surface area (Å²) in [6.07, 6.45) is 3.43. The lowest BCUT2D eigenvalue weighted by molar-refractivity contribution is -0.148. The Labute approximate surface area is 114 Å². The van der Waals surface area contributed by atoms with E-state index in [9.17, 15) is 9.90 Å². The maximum atomic E-state index is 11.6. The highest BCUT2D eigenvalue weighted by Crippen LogP contribution is 2.43. The minimum atomic E-state index is -0.714. The second-order valence-electron chi connectivity index (χ2n) is 6.47. The van der Waals surface area contributed by atoms with Gasteiger partial charge in [0.25, 0.3) is 0 Å². The van der Waals surface area contributed by atoms with E-state index in [0.717, 1.165) is 18.9 Å². The molecule has 0 amide bonds. The number of hydrogen-bond acceptors (Lipinski definition) is 2. The average molecular weight is 259 g/mol. The number of aliphatic carboxylic acids is 1. The number of benzene rings is 1. The van der Waals surface area contributed by atoms with Gasteiger partial charge in [0.15, 0.2) is 0 Å². The van der Waals surface area contributed by atoms with Crippen molar-refractivity contribution >= 4 is 11.7 Å². The third-order valence-electron chi connectivity index (χ3n) is 4.63. The van der Waals surface area contributed by atoms with Crippen molar-refractivity contribution < 1.29 is 9.90 Å². The zero-order chi connectivity index (χ0) is 13.6. The molecule has 2 aliphatic rings. The summed E-state index contributed by atoms with van der Waals surface area (Å²) in [4.78, 5) is 13.9. The summed E-state index contributed by atoms with van der Waals surface area (Å²) in [6.45, 7) is 4.72. The number of carbonyl (C=O) groups is 1. The molecule has 1 saturated carbocycles. The second kappa shape index (κ2) is 4.26. The minimum absolute atomic E-state index is 0.0722. The first kappa shape index (κ1) is 12.5. The molecule has 1 aliphatic heterocycles. The van der Waals surface area contributed by atoms with Crippen LogP contribution in [-0.4, -0.2) is 23.7 Å². The van der Waals surface area contributed by atoms with E-state index in [1.165, 1.54) is 24.1 Å². The van der Waals surface area contributed by atoms with Gasteiger partial charge in [-0.2, -0.15) is 0 Å². The van der Waals surface area contributed by atoms with Gasteiger partial charge in [-0.25, -0.2) is 0 Å². The molecule has 19 heavy (non-hydrogen) atoms. The van der Waals surface area contributed by atoms with Crippen molar-refractivity contribution in [1.82, 2.24) is 0 Å². The molecule has 3 rings (SSSR count). The van der Waals surface area contributed by atoms with Gasteiger partial charge in [0, 0.05) is 18.3 Å². The molecule has 0 saturated heterocycles. The Hall–Kier alpha value is -1.51. The van der Waals surface area contributed by atoms with Crippen LogP contribution in [0.1, 0.15) is 32.3 Å². The quantitative estimate of drug-likeness (QED) is 0.903. The molecule has 1 N–H and O–H groups in total. The Balaban J connectivity index is 1.94. The number of anilines is 1. The molecule has 1 aromatic carbocycles. The molecule has 3 nitrogen and oxygen atoms in total. The molecule has 1 atom stereocenters. The zero-order valence-corrected chi connectivity index (χ0v) is 11.6. The van der Waals surface area contributed by atoms with Gasteiger partial charge in [-0.15, -0.1) is 0 Å². The highest BCUT2D eigenvalue weighted by molar-refractivity contribution is 5.77. The Bertz CT molecular complexity index is 505. The van der Waals surface area contributed by atoms with Crippen molar-refractivity contribution in [2.45, 2.75) is 39.2 Å². The summed E-state index contributed by atoms with van der Waals surface area (Å²) in [6, 6.07) is 8.44. The third-order valence-corrected chi connectivity index (χ3v) is 4.63. The predicted molar refractivity (Wildman–Crippen MR) is 75.4 cm³/mol. The van der Waals surface area contributed by atoms with E-state index in [2.05, 4.69) is 23.1 Å². The number of hydrogen-bond donors (Lipinski definition) is 1. The van der Waals surface area contributed by atoms with Crippen LogP contribution in [0.2, 0.25) is 0 Å². The van der Waals surface area contributed by atoms with Crippen LogP contribution in [-0.2, 0) is 11.2 Å². The smallest absolute Gasteiger partial charge is 0.311 e. The lowest BCUT2D eigenvalue weighted by Gasteiger charge is -2.36. The number of nitrogens with zero attached hydrogens (tertiary/aromatic N) is 1. The van der Waals surface area contributed by atoms with Gasteiger partial charge in [-0.1, -0.05) is 18.2 Å². The highest BCUT2D eigenvalue weighted by Gasteiger charge is 2.45. The van der Waals surface area contributed by atoms with Crippen molar-refractivity contribution in [2.75, 3.05) is 11.4 Å².